The van der Waals surface area contributed by atoms with Crippen molar-refractivity contribution in [2.24, 2.45) is 0 Å². The maximum Gasteiger partial charge on any atom is 0.264 e. The Hall–Kier alpha value is -5.06. The second-order valence-electron chi connectivity index (χ2n) is 24.9. The number of hydrogen-bond donors (Lipinski definition) is 0. The molecule has 334 valence electrons. The summed E-state index contributed by atoms with van der Waals surface area (Å²) in [5, 5.41) is 1.40. The van der Waals surface area contributed by atoms with Crippen molar-refractivity contribution in [3.8, 4) is 11.1 Å². The molecular weight excluding hydrogens is 816 g/mol. The van der Waals surface area contributed by atoms with Gasteiger partial charge in [0.2, 0.25) is 0 Å². The fraction of sp³-hybridized carbons (Fsp3) is 0.387. The van der Waals surface area contributed by atoms with Crippen molar-refractivity contribution in [3.05, 3.63) is 149 Å². The van der Waals surface area contributed by atoms with Crippen molar-refractivity contribution in [2.45, 2.75) is 154 Å². The zero-order chi connectivity index (χ0) is 46.1. The average Bonchev–Trinajstić information content (AvgIpc) is 3.66. The highest BCUT2D eigenvalue weighted by molar-refractivity contribution is 7.33. The van der Waals surface area contributed by atoms with Crippen LogP contribution in [0.1, 0.15) is 155 Å². The number of anilines is 6. The molecule has 0 bridgehead atoms. The van der Waals surface area contributed by atoms with E-state index in [1.54, 1.807) is 0 Å². The van der Waals surface area contributed by atoms with Crippen LogP contribution < -0.4 is 25.5 Å². The van der Waals surface area contributed by atoms with Gasteiger partial charge in [0, 0.05) is 43.2 Å². The van der Waals surface area contributed by atoms with E-state index in [1.165, 1.54) is 143 Å². The summed E-state index contributed by atoms with van der Waals surface area (Å²) in [7, 11) is 0. The molecule has 0 atom stereocenters. The summed E-state index contributed by atoms with van der Waals surface area (Å²) in [5.41, 5.74) is 22.8. The Kier molecular flexibility index (Phi) is 8.83. The first-order chi connectivity index (χ1) is 31.2. The van der Waals surface area contributed by atoms with Gasteiger partial charge in [0.05, 0.1) is 11.4 Å². The highest BCUT2D eigenvalue weighted by atomic mass is 32.1. The lowest BCUT2D eigenvalue weighted by atomic mass is 9.36. The van der Waals surface area contributed by atoms with E-state index in [0.29, 0.717) is 0 Å². The fourth-order valence-corrected chi connectivity index (χ4v) is 14.6. The molecule has 0 saturated heterocycles. The summed E-state index contributed by atoms with van der Waals surface area (Å²) in [6, 6.07) is 45.9. The molecule has 0 radical (unpaired) electrons. The number of benzene rings is 6. The minimum absolute atomic E-state index is 0.0582. The van der Waals surface area contributed by atoms with Crippen LogP contribution in [0.2, 0.25) is 0 Å². The van der Waals surface area contributed by atoms with Gasteiger partial charge >= 0.3 is 0 Å². The predicted octanol–water partition coefficient (Wildman–Crippen LogP) is 15.7. The van der Waals surface area contributed by atoms with E-state index in [-0.39, 0.29) is 39.2 Å². The number of fused-ring (bicyclic) bond motifs is 9. The number of hydrogen-bond acceptors (Lipinski definition) is 3. The van der Waals surface area contributed by atoms with Crippen molar-refractivity contribution in [3.63, 3.8) is 0 Å². The first kappa shape index (κ1) is 42.3. The van der Waals surface area contributed by atoms with Gasteiger partial charge in [0.15, 0.2) is 0 Å². The second-order valence-corrected chi connectivity index (χ2v) is 26.0. The summed E-state index contributed by atoms with van der Waals surface area (Å²) >= 11 is 2.06. The third-order valence-electron chi connectivity index (χ3n) is 17.9. The zero-order valence-electron chi connectivity index (χ0n) is 41.6. The van der Waals surface area contributed by atoms with E-state index in [9.17, 15) is 0 Å². The number of rotatable bonds is 3. The summed E-state index contributed by atoms with van der Waals surface area (Å²) in [6.07, 6.45) is 7.16. The Bertz CT molecular complexity index is 3180. The first-order valence-corrected chi connectivity index (χ1v) is 25.8. The van der Waals surface area contributed by atoms with E-state index >= 15 is 0 Å². The monoisotopic (exact) mass is 883 g/mol. The van der Waals surface area contributed by atoms with Crippen molar-refractivity contribution >= 4 is 78.0 Å². The molecule has 12 rings (SSSR count). The molecule has 0 unspecified atom stereocenters. The van der Waals surface area contributed by atoms with Crippen LogP contribution in [0.4, 0.5) is 34.1 Å². The molecule has 1 aromatic heterocycles. The molecule has 3 aliphatic carbocycles. The van der Waals surface area contributed by atoms with Crippen LogP contribution in [0, 0.1) is 0 Å². The third kappa shape index (κ3) is 5.98. The molecule has 7 aromatic rings. The quantitative estimate of drug-likeness (QED) is 0.163. The van der Waals surface area contributed by atoms with Crippen LogP contribution in [-0.2, 0) is 32.5 Å². The molecule has 3 heterocycles. The van der Waals surface area contributed by atoms with Crippen molar-refractivity contribution in [2.75, 3.05) is 9.80 Å². The standard InChI is InChI=1S/C62H67BN2S/c1-57(2)27-28-58(3,4)43-33-39(25-26-42(43)57)64-50-23-18-24-51-54(50)63(56-55(64)41-35-45-47(37-53(41)66-56)62(11,12)32-30-60(45,7)8)48-21-16-17-22-49(48)65(51)52-36-46-44(59(5,6)29-31-61(46,9)10)34-40(52)38-19-14-13-15-20-38/h13-26,33-37H,27-32H2,1-12H3. The van der Waals surface area contributed by atoms with Gasteiger partial charge in [-0.25, -0.2) is 0 Å². The van der Waals surface area contributed by atoms with Gasteiger partial charge in [0.25, 0.3) is 6.71 Å². The van der Waals surface area contributed by atoms with Crippen LogP contribution in [-0.4, -0.2) is 6.71 Å². The van der Waals surface area contributed by atoms with Gasteiger partial charge in [0.1, 0.15) is 0 Å². The van der Waals surface area contributed by atoms with Gasteiger partial charge in [-0.2, -0.15) is 0 Å². The van der Waals surface area contributed by atoms with Gasteiger partial charge in [-0.15, -0.1) is 11.3 Å². The second kappa shape index (κ2) is 13.8. The molecule has 0 spiro atoms. The van der Waals surface area contributed by atoms with Crippen molar-refractivity contribution in [1.29, 1.82) is 0 Å². The molecule has 4 heteroatoms. The van der Waals surface area contributed by atoms with E-state index in [1.807, 2.05) is 0 Å². The number of thiophene rings is 1. The molecule has 6 aromatic carbocycles. The fourth-order valence-electron chi connectivity index (χ4n) is 13.3. The first-order valence-electron chi connectivity index (χ1n) is 25.0. The smallest absolute Gasteiger partial charge is 0.264 e. The maximum absolute atomic E-state index is 2.72. The van der Waals surface area contributed by atoms with Gasteiger partial charge in [-0.1, -0.05) is 144 Å². The average molecular weight is 883 g/mol. The lowest BCUT2D eigenvalue weighted by molar-refractivity contribution is 0.332. The summed E-state index contributed by atoms with van der Waals surface area (Å²) in [5.74, 6) is 0. The van der Waals surface area contributed by atoms with Crippen LogP contribution >= 0.6 is 11.3 Å². The normalized spacial score (nSPS) is 20.7. The van der Waals surface area contributed by atoms with Gasteiger partial charge < -0.3 is 9.80 Å². The Morgan fingerprint density at radius 2 is 0.924 bits per heavy atom. The van der Waals surface area contributed by atoms with Crippen molar-refractivity contribution < 1.29 is 0 Å². The topological polar surface area (TPSA) is 6.48 Å². The summed E-state index contributed by atoms with van der Waals surface area (Å²) < 4.78 is 2.87. The molecule has 2 nitrogen and oxygen atoms in total. The SMILES string of the molecule is CC1(C)CCC(C)(C)c2cc(N3c4cccc5c4B(c4ccccc4N5c4cc5c(cc4-c4ccccc4)C(C)(C)CCC5(C)C)c4sc5cc6c(cc5c43)C(C)(C)CCC6(C)C)ccc21. The van der Waals surface area contributed by atoms with E-state index in [4.69, 9.17) is 0 Å². The molecule has 0 N–H and O–H groups in total. The van der Waals surface area contributed by atoms with Crippen LogP contribution in [0.3, 0.4) is 0 Å². The Labute approximate surface area is 399 Å². The van der Waals surface area contributed by atoms with E-state index < -0.39 is 0 Å². The third-order valence-corrected chi connectivity index (χ3v) is 19.1. The molecular formula is C62H67BN2S. The molecule has 5 aliphatic rings. The Balaban J connectivity index is 1.18. The lowest BCUT2D eigenvalue weighted by Gasteiger charge is -2.46. The van der Waals surface area contributed by atoms with Crippen LogP contribution in [0.5, 0.6) is 0 Å². The Morgan fingerprint density at radius 1 is 0.424 bits per heavy atom. The van der Waals surface area contributed by atoms with Crippen LogP contribution in [0.15, 0.2) is 115 Å². The van der Waals surface area contributed by atoms with E-state index in [0.717, 1.165) is 0 Å². The van der Waals surface area contributed by atoms with Gasteiger partial charge in [-0.3, -0.25) is 0 Å². The summed E-state index contributed by atoms with van der Waals surface area (Å²) in [6.45, 7) is 29.7. The summed E-state index contributed by atoms with van der Waals surface area (Å²) in [4.78, 5) is 5.39. The minimum atomic E-state index is 0.0582. The molecule has 0 fully saturated rings. The maximum atomic E-state index is 2.72. The van der Waals surface area contributed by atoms with E-state index in [2.05, 4.69) is 219 Å². The largest absolute Gasteiger partial charge is 0.311 e. The molecule has 0 amide bonds. The van der Waals surface area contributed by atoms with Crippen LogP contribution in [0.25, 0.3) is 21.2 Å². The zero-order valence-corrected chi connectivity index (χ0v) is 42.4. The minimum Gasteiger partial charge on any atom is -0.311 e. The highest BCUT2D eigenvalue weighted by Gasteiger charge is 2.48. The lowest BCUT2D eigenvalue weighted by Crippen LogP contribution is -2.60. The van der Waals surface area contributed by atoms with Crippen molar-refractivity contribution in [1.82, 2.24) is 0 Å². The molecule has 0 saturated carbocycles. The predicted molar refractivity (Wildman–Crippen MR) is 287 cm³/mol. The highest BCUT2D eigenvalue weighted by Crippen LogP contribution is 2.56. The molecule has 2 aliphatic heterocycles. The number of nitrogens with zero attached hydrogens (tertiary/aromatic N) is 2. The molecule has 66 heavy (non-hydrogen) atoms. The van der Waals surface area contributed by atoms with Gasteiger partial charge in [-0.05, 0) is 175 Å². The number of para-hydroxylation sites is 1. The Morgan fingerprint density at radius 3 is 1.56 bits per heavy atom.